The molecule has 0 unspecified atom stereocenters. The largest absolute Gasteiger partial charge is 0.461 e. The Morgan fingerprint density at radius 1 is 1.37 bits per heavy atom. The van der Waals surface area contributed by atoms with Gasteiger partial charge in [0, 0.05) is 11.6 Å². The minimum Gasteiger partial charge on any atom is -0.461 e. The van der Waals surface area contributed by atoms with E-state index in [1.807, 2.05) is 6.07 Å². The van der Waals surface area contributed by atoms with E-state index < -0.39 is 17.4 Å². The number of ether oxygens (including phenoxy) is 1. The van der Waals surface area contributed by atoms with Gasteiger partial charge in [-0.15, -0.1) is 0 Å². The maximum Gasteiger partial charge on any atom is 0.361 e. The van der Waals surface area contributed by atoms with Crippen molar-refractivity contribution in [1.82, 2.24) is 20.0 Å². The standard InChI is InChI=1S/C17H15ClN4O5/c1-2-26-17(25)14-13-15(27-21-14)20-9-22(16(13)24)8-12(23)19-7-10-4-3-5-11(18)6-10/h3-6,9H,2,7-8H2,1H3,(H,19,23). The van der Waals surface area contributed by atoms with Crippen LogP contribution >= 0.6 is 11.6 Å². The van der Waals surface area contributed by atoms with E-state index in [0.29, 0.717) is 5.02 Å². The minimum absolute atomic E-state index is 0.0985. The Balaban J connectivity index is 1.77. The molecule has 0 saturated carbocycles. The highest BCUT2D eigenvalue weighted by atomic mass is 35.5. The van der Waals surface area contributed by atoms with E-state index in [0.717, 1.165) is 16.5 Å². The minimum atomic E-state index is -0.793. The molecule has 9 nitrogen and oxygen atoms in total. The molecule has 3 rings (SSSR count). The van der Waals surface area contributed by atoms with Crippen molar-refractivity contribution in [2.75, 3.05) is 6.61 Å². The zero-order valence-corrected chi connectivity index (χ0v) is 15.0. The van der Waals surface area contributed by atoms with Gasteiger partial charge in [-0.25, -0.2) is 9.78 Å². The summed E-state index contributed by atoms with van der Waals surface area (Å²) in [5.41, 5.74) is -0.167. The van der Waals surface area contributed by atoms with Crippen molar-refractivity contribution in [3.63, 3.8) is 0 Å². The number of hydrogen-bond acceptors (Lipinski definition) is 7. The summed E-state index contributed by atoms with van der Waals surface area (Å²) in [5.74, 6) is -1.20. The Hall–Kier alpha value is -3.20. The second kappa shape index (κ2) is 8.00. The quantitative estimate of drug-likeness (QED) is 0.634. The van der Waals surface area contributed by atoms with E-state index in [1.54, 1.807) is 25.1 Å². The number of carbonyl (C=O) groups excluding carboxylic acids is 2. The number of nitrogens with one attached hydrogen (secondary N) is 1. The van der Waals surface area contributed by atoms with Crippen LogP contribution in [0.1, 0.15) is 23.0 Å². The first kappa shape index (κ1) is 18.6. The average Bonchev–Trinajstić information content (AvgIpc) is 3.08. The SMILES string of the molecule is CCOC(=O)c1noc2ncn(CC(=O)NCc3cccc(Cl)c3)c(=O)c12. The molecule has 0 aliphatic carbocycles. The second-order valence-electron chi connectivity index (χ2n) is 5.52. The lowest BCUT2D eigenvalue weighted by Crippen LogP contribution is -2.32. The molecule has 10 heteroatoms. The molecule has 27 heavy (non-hydrogen) atoms. The van der Waals surface area contributed by atoms with Gasteiger partial charge >= 0.3 is 5.97 Å². The fourth-order valence-electron chi connectivity index (χ4n) is 2.39. The van der Waals surface area contributed by atoms with E-state index in [1.165, 1.54) is 0 Å². The Labute approximate surface area is 157 Å². The third kappa shape index (κ3) is 4.14. The van der Waals surface area contributed by atoms with Crippen molar-refractivity contribution >= 4 is 34.6 Å². The zero-order chi connectivity index (χ0) is 19.4. The molecule has 0 atom stereocenters. The Morgan fingerprint density at radius 2 is 2.19 bits per heavy atom. The summed E-state index contributed by atoms with van der Waals surface area (Å²) in [5, 5.41) is 6.66. The molecule has 0 aliphatic heterocycles. The Bertz CT molecular complexity index is 1060. The number of rotatable bonds is 6. The topological polar surface area (TPSA) is 116 Å². The first-order valence-corrected chi connectivity index (χ1v) is 8.40. The predicted molar refractivity (Wildman–Crippen MR) is 95.3 cm³/mol. The van der Waals surface area contributed by atoms with Gasteiger partial charge in [0.2, 0.25) is 11.6 Å². The zero-order valence-electron chi connectivity index (χ0n) is 14.3. The Kier molecular flexibility index (Phi) is 5.51. The molecule has 2 aromatic heterocycles. The van der Waals surface area contributed by atoms with Crippen molar-refractivity contribution in [3.8, 4) is 0 Å². The monoisotopic (exact) mass is 390 g/mol. The number of halogens is 1. The molecule has 1 aromatic carbocycles. The smallest absolute Gasteiger partial charge is 0.361 e. The summed E-state index contributed by atoms with van der Waals surface area (Å²) < 4.78 is 10.8. The van der Waals surface area contributed by atoms with Gasteiger partial charge in [0.05, 0.1) is 6.61 Å². The molecule has 1 N–H and O–H groups in total. The molecule has 0 aliphatic rings. The highest BCUT2D eigenvalue weighted by molar-refractivity contribution is 6.30. The summed E-state index contributed by atoms with van der Waals surface area (Å²) in [6.07, 6.45) is 1.16. The number of benzene rings is 1. The van der Waals surface area contributed by atoms with Crippen LogP contribution in [0.15, 0.2) is 39.9 Å². The summed E-state index contributed by atoms with van der Waals surface area (Å²) in [6.45, 7) is 1.72. The highest BCUT2D eigenvalue weighted by Crippen LogP contribution is 2.13. The number of aromatic nitrogens is 3. The molecular formula is C17H15ClN4O5. The first-order valence-electron chi connectivity index (χ1n) is 8.02. The van der Waals surface area contributed by atoms with E-state index in [4.69, 9.17) is 20.9 Å². The van der Waals surface area contributed by atoms with Crippen molar-refractivity contribution in [2.24, 2.45) is 0 Å². The highest BCUT2D eigenvalue weighted by Gasteiger charge is 2.22. The van der Waals surface area contributed by atoms with Crippen molar-refractivity contribution < 1.29 is 18.8 Å². The van der Waals surface area contributed by atoms with Gasteiger partial charge in [-0.2, -0.15) is 0 Å². The first-order chi connectivity index (χ1) is 13.0. The van der Waals surface area contributed by atoms with Gasteiger partial charge in [0.15, 0.2) is 0 Å². The molecule has 0 bridgehead atoms. The number of esters is 1. The summed E-state index contributed by atoms with van der Waals surface area (Å²) in [4.78, 5) is 40.5. The van der Waals surface area contributed by atoms with Crippen molar-refractivity contribution in [1.29, 1.82) is 0 Å². The number of nitrogens with zero attached hydrogens (tertiary/aromatic N) is 3. The average molecular weight is 391 g/mol. The summed E-state index contributed by atoms with van der Waals surface area (Å²) in [6, 6.07) is 7.04. The number of amides is 1. The van der Waals surface area contributed by atoms with Crippen LogP contribution in [0, 0.1) is 0 Å². The van der Waals surface area contributed by atoms with Crippen LogP contribution in [0.5, 0.6) is 0 Å². The Morgan fingerprint density at radius 3 is 2.93 bits per heavy atom. The van der Waals surface area contributed by atoms with Gasteiger partial charge in [-0.1, -0.05) is 28.9 Å². The van der Waals surface area contributed by atoms with E-state index >= 15 is 0 Å². The molecule has 0 spiro atoms. The van der Waals surface area contributed by atoms with E-state index in [-0.39, 0.29) is 36.5 Å². The van der Waals surface area contributed by atoms with Crippen LogP contribution in [0.4, 0.5) is 0 Å². The van der Waals surface area contributed by atoms with Gasteiger partial charge < -0.3 is 14.6 Å². The maximum absolute atomic E-state index is 12.6. The van der Waals surface area contributed by atoms with Crippen LogP contribution in [-0.4, -0.2) is 33.2 Å². The van der Waals surface area contributed by atoms with Gasteiger partial charge in [-0.3, -0.25) is 14.2 Å². The molecule has 0 radical (unpaired) electrons. The van der Waals surface area contributed by atoms with Crippen LogP contribution in [0.2, 0.25) is 5.02 Å². The third-order valence-electron chi connectivity index (χ3n) is 3.62. The third-order valence-corrected chi connectivity index (χ3v) is 3.86. The summed E-state index contributed by atoms with van der Waals surface area (Å²) >= 11 is 5.90. The second-order valence-corrected chi connectivity index (χ2v) is 5.95. The normalized spacial score (nSPS) is 10.7. The molecule has 2 heterocycles. The lowest BCUT2D eigenvalue weighted by molar-refractivity contribution is -0.121. The van der Waals surface area contributed by atoms with Crippen LogP contribution in [-0.2, 0) is 22.6 Å². The van der Waals surface area contributed by atoms with Crippen molar-refractivity contribution in [2.45, 2.75) is 20.0 Å². The van der Waals surface area contributed by atoms with Crippen LogP contribution < -0.4 is 10.9 Å². The maximum atomic E-state index is 12.6. The van der Waals surface area contributed by atoms with E-state index in [2.05, 4.69) is 15.5 Å². The van der Waals surface area contributed by atoms with Gasteiger partial charge in [0.25, 0.3) is 11.3 Å². The number of fused-ring (bicyclic) bond motifs is 1. The molecule has 0 fully saturated rings. The molecule has 3 aromatic rings. The van der Waals surface area contributed by atoms with Gasteiger partial charge in [-0.05, 0) is 24.6 Å². The van der Waals surface area contributed by atoms with Crippen molar-refractivity contribution in [3.05, 3.63) is 57.2 Å². The molecule has 140 valence electrons. The van der Waals surface area contributed by atoms with Crippen LogP contribution in [0.25, 0.3) is 11.1 Å². The predicted octanol–water partition coefficient (Wildman–Crippen LogP) is 1.53. The van der Waals surface area contributed by atoms with Crippen LogP contribution in [0.3, 0.4) is 0 Å². The molecule has 1 amide bonds. The fourth-order valence-corrected chi connectivity index (χ4v) is 2.60. The fraction of sp³-hybridized carbons (Fsp3) is 0.235. The summed E-state index contributed by atoms with van der Waals surface area (Å²) in [7, 11) is 0. The van der Waals surface area contributed by atoms with Gasteiger partial charge in [0.1, 0.15) is 18.3 Å². The molecule has 0 saturated heterocycles. The molecular weight excluding hydrogens is 376 g/mol. The number of carbonyl (C=O) groups is 2. The lowest BCUT2D eigenvalue weighted by atomic mass is 10.2. The van der Waals surface area contributed by atoms with E-state index in [9.17, 15) is 14.4 Å². The lowest BCUT2D eigenvalue weighted by Gasteiger charge is -2.07. The number of hydrogen-bond donors (Lipinski definition) is 1.